The molecule has 170 valence electrons. The van der Waals surface area contributed by atoms with Crippen molar-refractivity contribution in [3.8, 4) is 11.5 Å². The van der Waals surface area contributed by atoms with Crippen LogP contribution in [-0.4, -0.2) is 45.2 Å². The Morgan fingerprint density at radius 2 is 2.25 bits per heavy atom. The van der Waals surface area contributed by atoms with Gasteiger partial charge in [-0.15, -0.1) is 0 Å². The fourth-order valence-corrected chi connectivity index (χ4v) is 4.07. The van der Waals surface area contributed by atoms with Crippen molar-refractivity contribution in [1.82, 2.24) is 25.0 Å². The Morgan fingerprint density at radius 1 is 1.38 bits per heavy atom. The van der Waals surface area contributed by atoms with Gasteiger partial charge in [-0.05, 0) is 44.4 Å². The van der Waals surface area contributed by atoms with Crippen LogP contribution >= 0.6 is 0 Å². The number of piperidine rings is 1. The van der Waals surface area contributed by atoms with Gasteiger partial charge >= 0.3 is 0 Å². The Labute approximate surface area is 186 Å². The molecule has 0 spiro atoms. The maximum atomic E-state index is 14.9. The Bertz CT molecular complexity index is 1060. The van der Waals surface area contributed by atoms with Gasteiger partial charge in [0.2, 0.25) is 5.91 Å². The van der Waals surface area contributed by atoms with Crippen molar-refractivity contribution < 1.29 is 13.7 Å². The lowest BCUT2D eigenvalue weighted by Crippen LogP contribution is -2.43. The third-order valence-corrected chi connectivity index (χ3v) is 5.91. The minimum atomic E-state index is -0.351. The van der Waals surface area contributed by atoms with E-state index < -0.39 is 0 Å². The lowest BCUT2D eigenvalue weighted by Gasteiger charge is -2.34. The number of aromatic nitrogens is 4. The second kappa shape index (κ2) is 9.93. The molecular weight excluding hydrogens is 411 g/mol. The smallest absolute Gasteiger partial charge is 0.258 e. The summed E-state index contributed by atoms with van der Waals surface area (Å²) >= 11 is 0. The number of amides is 1. The third-order valence-electron chi connectivity index (χ3n) is 5.91. The molecule has 1 amide bonds. The molecule has 8 nitrogen and oxygen atoms in total. The standard InChI is InChI=1S/C23H29FN6O2/c1-3-21-27-23(32-28-21)17-7-8-20(19(24)14-17)30-11-4-6-18(15-30)22(31)26-9-5-12-29-13-10-25-16(29)2/h7-8,10,13-14,18H,3-6,9,11-12,15H2,1-2H3,(H,26,31). The van der Waals surface area contributed by atoms with E-state index in [1.54, 1.807) is 18.3 Å². The lowest BCUT2D eigenvalue weighted by molar-refractivity contribution is -0.125. The number of hydrogen-bond donors (Lipinski definition) is 1. The van der Waals surface area contributed by atoms with Crippen LogP contribution in [0, 0.1) is 18.7 Å². The SMILES string of the molecule is CCc1noc(-c2ccc(N3CCCC(C(=O)NCCCn4ccnc4C)C3)c(F)c2)n1. The zero-order chi connectivity index (χ0) is 22.5. The Kier molecular flexibility index (Phi) is 6.82. The van der Waals surface area contributed by atoms with E-state index in [2.05, 4.69) is 25.0 Å². The van der Waals surface area contributed by atoms with Gasteiger partial charge in [-0.25, -0.2) is 9.37 Å². The molecule has 2 aromatic heterocycles. The normalized spacial score (nSPS) is 16.3. The molecule has 0 bridgehead atoms. The van der Waals surface area contributed by atoms with Crippen LogP contribution in [0.5, 0.6) is 0 Å². The van der Waals surface area contributed by atoms with Crippen LogP contribution in [0.15, 0.2) is 35.1 Å². The largest absolute Gasteiger partial charge is 0.368 e. The van der Waals surface area contributed by atoms with E-state index >= 15 is 0 Å². The summed E-state index contributed by atoms with van der Waals surface area (Å²) in [5.41, 5.74) is 1.05. The number of aryl methyl sites for hydroxylation is 3. The molecule has 4 rings (SSSR count). The fourth-order valence-electron chi connectivity index (χ4n) is 4.07. The number of anilines is 1. The van der Waals surface area contributed by atoms with Crippen molar-refractivity contribution in [3.05, 3.63) is 48.1 Å². The number of halogens is 1. The maximum absolute atomic E-state index is 14.9. The average Bonchev–Trinajstić information content (AvgIpc) is 3.45. The highest BCUT2D eigenvalue weighted by Gasteiger charge is 2.27. The van der Waals surface area contributed by atoms with Gasteiger partial charge in [0, 0.05) is 50.6 Å². The van der Waals surface area contributed by atoms with E-state index in [1.807, 2.05) is 24.9 Å². The molecule has 1 unspecified atom stereocenters. The highest BCUT2D eigenvalue weighted by molar-refractivity contribution is 5.79. The Morgan fingerprint density at radius 3 is 2.97 bits per heavy atom. The highest BCUT2D eigenvalue weighted by Crippen LogP contribution is 2.29. The molecule has 1 saturated heterocycles. The summed E-state index contributed by atoms with van der Waals surface area (Å²) in [5, 5.41) is 6.90. The van der Waals surface area contributed by atoms with E-state index in [9.17, 15) is 9.18 Å². The molecular formula is C23H29FN6O2. The Balaban J connectivity index is 1.32. The molecule has 1 aliphatic heterocycles. The molecule has 0 radical (unpaired) electrons. The van der Waals surface area contributed by atoms with Crippen molar-refractivity contribution >= 4 is 11.6 Å². The molecule has 1 aromatic carbocycles. The van der Waals surface area contributed by atoms with Crippen LogP contribution in [0.3, 0.4) is 0 Å². The summed E-state index contributed by atoms with van der Waals surface area (Å²) in [6, 6.07) is 4.94. The number of imidazole rings is 1. The minimum Gasteiger partial charge on any atom is -0.368 e. The van der Waals surface area contributed by atoms with Gasteiger partial charge in [-0.2, -0.15) is 4.98 Å². The van der Waals surface area contributed by atoms with Crippen LogP contribution in [0.4, 0.5) is 10.1 Å². The second-order valence-corrected chi connectivity index (χ2v) is 8.13. The number of carbonyl (C=O) groups excluding carboxylic acids is 1. The summed E-state index contributed by atoms with van der Waals surface area (Å²) in [5.74, 6) is 1.41. The minimum absolute atomic E-state index is 0.0343. The number of hydrogen-bond acceptors (Lipinski definition) is 6. The number of nitrogens with one attached hydrogen (secondary N) is 1. The van der Waals surface area contributed by atoms with Gasteiger partial charge in [-0.3, -0.25) is 4.79 Å². The lowest BCUT2D eigenvalue weighted by atomic mass is 9.96. The molecule has 0 saturated carbocycles. The van der Waals surface area contributed by atoms with E-state index in [-0.39, 0.29) is 17.6 Å². The average molecular weight is 441 g/mol. The summed E-state index contributed by atoms with van der Waals surface area (Å²) < 4.78 is 22.2. The topological polar surface area (TPSA) is 89.1 Å². The number of nitrogens with zero attached hydrogens (tertiary/aromatic N) is 5. The number of rotatable bonds is 8. The van der Waals surface area contributed by atoms with Crippen LogP contribution in [-0.2, 0) is 17.8 Å². The predicted molar refractivity (Wildman–Crippen MR) is 119 cm³/mol. The fraction of sp³-hybridized carbons (Fsp3) is 0.478. The van der Waals surface area contributed by atoms with E-state index in [1.165, 1.54) is 6.07 Å². The van der Waals surface area contributed by atoms with Crippen molar-refractivity contribution in [1.29, 1.82) is 0 Å². The van der Waals surface area contributed by atoms with E-state index in [4.69, 9.17) is 4.52 Å². The van der Waals surface area contributed by atoms with E-state index in [0.29, 0.717) is 42.5 Å². The first kappa shape index (κ1) is 22.0. The molecule has 1 fully saturated rings. The molecule has 0 aliphatic carbocycles. The first-order valence-electron chi connectivity index (χ1n) is 11.2. The van der Waals surface area contributed by atoms with Crippen molar-refractivity contribution in [2.24, 2.45) is 5.92 Å². The second-order valence-electron chi connectivity index (χ2n) is 8.13. The third kappa shape index (κ3) is 4.98. The molecule has 3 heterocycles. The van der Waals surface area contributed by atoms with Gasteiger partial charge < -0.3 is 19.3 Å². The van der Waals surface area contributed by atoms with Gasteiger partial charge in [0.15, 0.2) is 5.82 Å². The summed E-state index contributed by atoms with van der Waals surface area (Å²) in [6.07, 6.45) is 6.87. The predicted octanol–water partition coefficient (Wildman–Crippen LogP) is 3.37. The van der Waals surface area contributed by atoms with Crippen LogP contribution in [0.25, 0.3) is 11.5 Å². The molecule has 32 heavy (non-hydrogen) atoms. The monoisotopic (exact) mass is 440 g/mol. The molecule has 1 aliphatic rings. The number of benzene rings is 1. The first-order chi connectivity index (χ1) is 15.5. The van der Waals surface area contributed by atoms with Gasteiger partial charge in [0.25, 0.3) is 5.89 Å². The summed E-state index contributed by atoms with van der Waals surface area (Å²) in [7, 11) is 0. The zero-order valence-electron chi connectivity index (χ0n) is 18.6. The van der Waals surface area contributed by atoms with Crippen molar-refractivity contribution in [2.45, 2.75) is 46.1 Å². The van der Waals surface area contributed by atoms with Crippen LogP contribution < -0.4 is 10.2 Å². The number of carbonyl (C=O) groups is 1. The van der Waals surface area contributed by atoms with E-state index in [0.717, 1.165) is 38.2 Å². The van der Waals surface area contributed by atoms with Crippen molar-refractivity contribution in [3.63, 3.8) is 0 Å². The summed E-state index contributed by atoms with van der Waals surface area (Å²) in [6.45, 7) is 6.55. The van der Waals surface area contributed by atoms with Gasteiger partial charge in [0.05, 0.1) is 11.6 Å². The molecule has 1 atom stereocenters. The quantitative estimate of drug-likeness (QED) is 0.541. The molecule has 1 N–H and O–H groups in total. The zero-order valence-corrected chi connectivity index (χ0v) is 18.6. The first-order valence-corrected chi connectivity index (χ1v) is 11.2. The van der Waals surface area contributed by atoms with Crippen molar-refractivity contribution in [2.75, 3.05) is 24.5 Å². The Hall–Kier alpha value is -3.23. The summed E-state index contributed by atoms with van der Waals surface area (Å²) in [4.78, 5) is 23.1. The van der Waals surface area contributed by atoms with Crippen LogP contribution in [0.1, 0.15) is 37.8 Å². The maximum Gasteiger partial charge on any atom is 0.258 e. The molecule has 9 heteroatoms. The van der Waals surface area contributed by atoms with Gasteiger partial charge in [-0.1, -0.05) is 12.1 Å². The van der Waals surface area contributed by atoms with Gasteiger partial charge in [0.1, 0.15) is 11.6 Å². The highest BCUT2D eigenvalue weighted by atomic mass is 19.1. The van der Waals surface area contributed by atoms with Crippen LogP contribution in [0.2, 0.25) is 0 Å². The molecule has 3 aromatic rings.